The molecule has 122 valence electrons. The van der Waals surface area contributed by atoms with Gasteiger partial charge in [0, 0.05) is 22.8 Å². The molecule has 3 aromatic rings. The largest absolute Gasteiger partial charge is 0.454 e. The number of benzene rings is 2. The molecule has 0 saturated carbocycles. The van der Waals surface area contributed by atoms with Gasteiger partial charge in [-0.05, 0) is 24.5 Å². The van der Waals surface area contributed by atoms with Crippen LogP contribution < -0.4 is 14.2 Å². The van der Waals surface area contributed by atoms with E-state index in [2.05, 4.69) is 0 Å². The molecule has 0 saturated heterocycles. The van der Waals surface area contributed by atoms with Crippen LogP contribution in [0.4, 0.5) is 0 Å². The molecule has 0 spiro atoms. The molecule has 0 amide bonds. The first-order valence-electron chi connectivity index (χ1n) is 7.37. The first kappa shape index (κ1) is 15.0. The zero-order chi connectivity index (χ0) is 16.5. The maximum atomic E-state index is 12.6. The molecule has 5 nitrogen and oxygen atoms in total. The Hall–Kier alpha value is -2.60. The second-order valence-electron chi connectivity index (χ2n) is 5.24. The molecule has 2 heterocycles. The Labute approximate surface area is 142 Å². The Kier molecular flexibility index (Phi) is 3.82. The van der Waals surface area contributed by atoms with Crippen molar-refractivity contribution in [2.75, 3.05) is 13.0 Å². The van der Waals surface area contributed by atoms with Crippen LogP contribution in [-0.2, 0) is 5.75 Å². The highest BCUT2D eigenvalue weighted by Crippen LogP contribution is 2.36. The summed E-state index contributed by atoms with van der Waals surface area (Å²) in [5.74, 6) is 1.98. The van der Waals surface area contributed by atoms with Crippen LogP contribution in [-0.4, -0.2) is 19.0 Å². The molecular weight excluding hydrogens is 328 g/mol. The third-order valence-corrected chi connectivity index (χ3v) is 4.30. The van der Waals surface area contributed by atoms with Gasteiger partial charge in [0.2, 0.25) is 12.6 Å². The van der Waals surface area contributed by atoms with Crippen LogP contribution >= 0.6 is 11.8 Å². The van der Waals surface area contributed by atoms with Crippen molar-refractivity contribution in [2.45, 2.75) is 5.75 Å². The zero-order valence-corrected chi connectivity index (χ0v) is 13.7. The van der Waals surface area contributed by atoms with Gasteiger partial charge in [0.15, 0.2) is 11.5 Å². The van der Waals surface area contributed by atoms with Crippen LogP contribution in [0.3, 0.4) is 0 Å². The summed E-state index contributed by atoms with van der Waals surface area (Å²) >= 11 is 1.62. The minimum atomic E-state index is -0.519. The van der Waals surface area contributed by atoms with Crippen molar-refractivity contribution in [2.24, 2.45) is 0 Å². The highest BCUT2D eigenvalue weighted by Gasteiger charge is 2.23. The molecule has 2 aromatic carbocycles. The van der Waals surface area contributed by atoms with Gasteiger partial charge in [-0.3, -0.25) is 0 Å². The monoisotopic (exact) mass is 342 g/mol. The van der Waals surface area contributed by atoms with Gasteiger partial charge in [-0.15, -0.1) is 0 Å². The molecule has 24 heavy (non-hydrogen) atoms. The number of para-hydroxylation sites is 1. The van der Waals surface area contributed by atoms with E-state index >= 15 is 0 Å². The number of furan rings is 1. The average Bonchev–Trinajstić information content (AvgIpc) is 3.20. The number of ether oxygens (including phenoxy) is 3. The number of thioether (sulfide) groups is 1. The Bertz CT molecular complexity index is 915. The maximum Gasteiger partial charge on any atom is 0.379 e. The van der Waals surface area contributed by atoms with Crippen molar-refractivity contribution in [1.82, 2.24) is 0 Å². The summed E-state index contributed by atoms with van der Waals surface area (Å²) in [5.41, 5.74) is 1.53. The minimum absolute atomic E-state index is 0.175. The first-order valence-corrected chi connectivity index (χ1v) is 8.77. The van der Waals surface area contributed by atoms with E-state index in [1.807, 2.05) is 30.5 Å². The van der Waals surface area contributed by atoms with Gasteiger partial charge in [-0.25, -0.2) is 4.79 Å². The molecule has 0 aliphatic carbocycles. The van der Waals surface area contributed by atoms with Crippen molar-refractivity contribution >= 4 is 28.7 Å². The van der Waals surface area contributed by atoms with Gasteiger partial charge in [0.25, 0.3) is 0 Å². The van der Waals surface area contributed by atoms with Gasteiger partial charge < -0.3 is 18.6 Å². The number of carbonyl (C=O) groups excluding carboxylic acids is 1. The fourth-order valence-electron chi connectivity index (χ4n) is 2.65. The van der Waals surface area contributed by atoms with Gasteiger partial charge >= 0.3 is 5.97 Å². The number of esters is 1. The standard InChI is InChI=1S/C18H14O5S/c1-24-9-13-12-4-2-3-5-14(12)23-17(13)18(19)22-11-6-7-15-16(8-11)21-10-20-15/h2-8H,9-10H2,1H3. The molecule has 0 unspecified atom stereocenters. The molecule has 6 heteroatoms. The summed E-state index contributed by atoms with van der Waals surface area (Å²) in [4.78, 5) is 12.6. The van der Waals surface area contributed by atoms with Crippen molar-refractivity contribution < 1.29 is 23.4 Å². The second kappa shape index (κ2) is 6.13. The molecule has 0 bridgehead atoms. The third-order valence-electron chi connectivity index (χ3n) is 3.73. The van der Waals surface area contributed by atoms with Gasteiger partial charge in [0.1, 0.15) is 11.3 Å². The van der Waals surface area contributed by atoms with E-state index in [0.717, 1.165) is 10.9 Å². The van der Waals surface area contributed by atoms with Crippen LogP contribution in [0.1, 0.15) is 16.1 Å². The highest BCUT2D eigenvalue weighted by atomic mass is 32.2. The Morgan fingerprint density at radius 1 is 1.17 bits per heavy atom. The van der Waals surface area contributed by atoms with Crippen molar-refractivity contribution in [1.29, 1.82) is 0 Å². The quantitative estimate of drug-likeness (QED) is 0.522. The van der Waals surface area contributed by atoms with Crippen molar-refractivity contribution in [3.63, 3.8) is 0 Å². The average molecular weight is 342 g/mol. The normalized spacial score (nSPS) is 12.5. The lowest BCUT2D eigenvalue weighted by Gasteiger charge is -2.05. The molecule has 0 N–H and O–H groups in total. The van der Waals surface area contributed by atoms with E-state index in [-0.39, 0.29) is 12.6 Å². The van der Waals surface area contributed by atoms with Crippen LogP contribution in [0.5, 0.6) is 17.2 Å². The van der Waals surface area contributed by atoms with Crippen LogP contribution in [0.25, 0.3) is 11.0 Å². The van der Waals surface area contributed by atoms with Crippen LogP contribution in [0, 0.1) is 0 Å². The van der Waals surface area contributed by atoms with E-state index in [9.17, 15) is 4.79 Å². The Morgan fingerprint density at radius 3 is 2.88 bits per heavy atom. The molecular formula is C18H14O5S. The van der Waals surface area contributed by atoms with E-state index in [0.29, 0.717) is 28.6 Å². The van der Waals surface area contributed by atoms with Crippen molar-refractivity contribution in [3.8, 4) is 17.2 Å². The number of rotatable bonds is 4. The van der Waals surface area contributed by atoms with E-state index < -0.39 is 5.97 Å². The molecule has 1 aliphatic rings. The Balaban J connectivity index is 1.66. The summed E-state index contributed by atoms with van der Waals surface area (Å²) < 4.78 is 21.7. The predicted molar refractivity (Wildman–Crippen MR) is 91.0 cm³/mol. The summed E-state index contributed by atoms with van der Waals surface area (Å²) in [6.45, 7) is 0.175. The molecule has 0 atom stereocenters. The van der Waals surface area contributed by atoms with E-state index in [1.54, 1.807) is 30.0 Å². The van der Waals surface area contributed by atoms with Crippen molar-refractivity contribution in [3.05, 3.63) is 53.8 Å². The van der Waals surface area contributed by atoms with Crippen LogP contribution in [0.15, 0.2) is 46.9 Å². The minimum Gasteiger partial charge on any atom is -0.454 e. The fourth-order valence-corrected chi connectivity index (χ4v) is 3.22. The Morgan fingerprint density at radius 2 is 2.00 bits per heavy atom. The fraction of sp³-hybridized carbons (Fsp3) is 0.167. The van der Waals surface area contributed by atoms with Gasteiger partial charge in [-0.1, -0.05) is 18.2 Å². The SMILES string of the molecule is CSCc1c(C(=O)Oc2ccc3c(c2)OCO3)oc2ccccc12. The van der Waals surface area contributed by atoms with E-state index in [4.69, 9.17) is 18.6 Å². The summed E-state index contributed by atoms with van der Waals surface area (Å²) in [7, 11) is 0. The van der Waals surface area contributed by atoms with Crippen LogP contribution in [0.2, 0.25) is 0 Å². The third kappa shape index (κ3) is 2.59. The number of hydrogen-bond donors (Lipinski definition) is 0. The number of carbonyl (C=O) groups is 1. The molecule has 1 aliphatic heterocycles. The lowest BCUT2D eigenvalue weighted by atomic mass is 10.1. The molecule has 0 radical (unpaired) electrons. The zero-order valence-electron chi connectivity index (χ0n) is 12.9. The maximum absolute atomic E-state index is 12.6. The highest BCUT2D eigenvalue weighted by molar-refractivity contribution is 7.97. The number of hydrogen-bond acceptors (Lipinski definition) is 6. The predicted octanol–water partition coefficient (Wildman–Crippen LogP) is 4.24. The van der Waals surface area contributed by atoms with Gasteiger partial charge in [-0.2, -0.15) is 11.8 Å². The lowest BCUT2D eigenvalue weighted by Crippen LogP contribution is -2.09. The first-order chi connectivity index (χ1) is 11.8. The summed E-state index contributed by atoms with van der Waals surface area (Å²) in [5, 5.41) is 0.935. The number of fused-ring (bicyclic) bond motifs is 2. The summed E-state index contributed by atoms with van der Waals surface area (Å²) in [6.07, 6.45) is 1.98. The molecule has 0 fully saturated rings. The molecule has 4 rings (SSSR count). The lowest BCUT2D eigenvalue weighted by molar-refractivity contribution is 0.0702. The van der Waals surface area contributed by atoms with Gasteiger partial charge in [0.05, 0.1) is 0 Å². The topological polar surface area (TPSA) is 57.9 Å². The van der Waals surface area contributed by atoms with E-state index in [1.165, 1.54) is 0 Å². The molecule has 1 aromatic heterocycles. The summed E-state index contributed by atoms with van der Waals surface area (Å²) in [6, 6.07) is 12.6. The smallest absolute Gasteiger partial charge is 0.379 e. The second-order valence-corrected chi connectivity index (χ2v) is 6.11.